The fraction of sp³-hybridized carbons (Fsp3) is 0.176. The number of hydrogen-bond acceptors (Lipinski definition) is 6. The summed E-state index contributed by atoms with van der Waals surface area (Å²) in [7, 11) is 0. The number of anilines is 1. The Morgan fingerprint density at radius 2 is 1.96 bits per heavy atom. The molecule has 10 heteroatoms. The number of halogens is 3. The number of pyridine rings is 1. The van der Waals surface area contributed by atoms with Crippen molar-refractivity contribution in [1.82, 2.24) is 4.98 Å². The van der Waals surface area contributed by atoms with Gasteiger partial charge < -0.3 is 9.90 Å². The van der Waals surface area contributed by atoms with Crippen molar-refractivity contribution in [1.29, 1.82) is 0 Å². The van der Waals surface area contributed by atoms with Crippen LogP contribution in [0.4, 0.5) is 18.9 Å². The van der Waals surface area contributed by atoms with Crippen LogP contribution in [0.1, 0.15) is 22.3 Å². The molecule has 0 spiro atoms. The number of carbonyl (C=O) groups is 3. The number of thioether (sulfide) groups is 1. The molecule has 0 aliphatic carbocycles. The Bertz CT molecular complexity index is 932. The highest BCUT2D eigenvalue weighted by atomic mass is 32.2. The van der Waals surface area contributed by atoms with Crippen molar-refractivity contribution in [3.8, 4) is 0 Å². The van der Waals surface area contributed by atoms with Crippen LogP contribution in [0.2, 0.25) is 0 Å². The molecular formula is C17H10F3N2O4S-. The van der Waals surface area contributed by atoms with Gasteiger partial charge in [-0.1, -0.05) is 17.8 Å². The number of alkyl halides is 3. The first-order valence-corrected chi connectivity index (χ1v) is 8.43. The summed E-state index contributed by atoms with van der Waals surface area (Å²) in [5.41, 5.74) is -1.41. The molecule has 1 aromatic carbocycles. The Labute approximate surface area is 155 Å². The highest BCUT2D eigenvalue weighted by molar-refractivity contribution is 8.00. The van der Waals surface area contributed by atoms with Crippen LogP contribution in [-0.2, 0) is 15.8 Å². The zero-order valence-electron chi connectivity index (χ0n) is 13.4. The van der Waals surface area contributed by atoms with Crippen molar-refractivity contribution in [2.45, 2.75) is 22.9 Å². The number of carboxylic acids is 1. The summed E-state index contributed by atoms with van der Waals surface area (Å²) in [5, 5.41) is 10.1. The van der Waals surface area contributed by atoms with E-state index in [1.807, 2.05) is 0 Å². The second kappa shape index (κ2) is 7.03. The fourth-order valence-corrected chi connectivity index (χ4v) is 3.67. The van der Waals surface area contributed by atoms with Crippen LogP contribution in [0.15, 0.2) is 47.6 Å². The lowest BCUT2D eigenvalue weighted by Crippen LogP contribution is -2.31. The fourth-order valence-electron chi connectivity index (χ4n) is 2.56. The number of hydrogen-bond donors (Lipinski definition) is 0. The topological polar surface area (TPSA) is 90.4 Å². The van der Waals surface area contributed by atoms with E-state index in [0.29, 0.717) is 4.90 Å². The van der Waals surface area contributed by atoms with E-state index in [4.69, 9.17) is 0 Å². The second-order valence-electron chi connectivity index (χ2n) is 5.57. The minimum atomic E-state index is -4.62. The van der Waals surface area contributed by atoms with Gasteiger partial charge in [0.1, 0.15) is 5.03 Å². The van der Waals surface area contributed by atoms with Crippen molar-refractivity contribution in [3.05, 3.63) is 53.7 Å². The smallest absolute Gasteiger partial charge is 0.416 e. The predicted molar refractivity (Wildman–Crippen MR) is 86.8 cm³/mol. The molecular weight excluding hydrogens is 385 g/mol. The first-order valence-electron chi connectivity index (χ1n) is 7.55. The Hall–Kier alpha value is -2.88. The van der Waals surface area contributed by atoms with Crippen LogP contribution < -0.4 is 10.0 Å². The molecule has 1 unspecified atom stereocenters. The van der Waals surface area contributed by atoms with Crippen molar-refractivity contribution in [3.63, 3.8) is 0 Å². The van der Waals surface area contributed by atoms with Crippen molar-refractivity contribution in [2.24, 2.45) is 0 Å². The van der Waals surface area contributed by atoms with Gasteiger partial charge in [0.15, 0.2) is 0 Å². The van der Waals surface area contributed by atoms with E-state index in [-0.39, 0.29) is 22.7 Å². The third kappa shape index (κ3) is 3.80. The van der Waals surface area contributed by atoms with E-state index >= 15 is 0 Å². The Kier molecular flexibility index (Phi) is 4.92. The summed E-state index contributed by atoms with van der Waals surface area (Å²) in [6, 6.07) is 6.51. The number of benzene rings is 1. The zero-order valence-corrected chi connectivity index (χ0v) is 14.2. The number of carbonyl (C=O) groups excluding carboxylic acids is 3. The van der Waals surface area contributed by atoms with Crippen molar-refractivity contribution < 1.29 is 32.7 Å². The van der Waals surface area contributed by atoms with Gasteiger partial charge in [0.25, 0.3) is 0 Å². The maximum absolute atomic E-state index is 12.9. The van der Waals surface area contributed by atoms with Crippen LogP contribution >= 0.6 is 11.8 Å². The van der Waals surface area contributed by atoms with Crippen LogP contribution in [0.3, 0.4) is 0 Å². The molecule has 0 bridgehead atoms. The van der Waals surface area contributed by atoms with Gasteiger partial charge in [-0.2, -0.15) is 13.2 Å². The number of aromatic carboxylic acids is 1. The van der Waals surface area contributed by atoms with Crippen LogP contribution in [0.5, 0.6) is 0 Å². The number of nitrogens with zero attached hydrogens (tertiary/aromatic N) is 2. The quantitative estimate of drug-likeness (QED) is 0.735. The monoisotopic (exact) mass is 395 g/mol. The maximum Gasteiger partial charge on any atom is 0.416 e. The number of carboxylic acid groups (broad SMARTS) is 1. The summed E-state index contributed by atoms with van der Waals surface area (Å²) in [6.45, 7) is 0. The summed E-state index contributed by atoms with van der Waals surface area (Å²) in [4.78, 5) is 40.5. The Morgan fingerprint density at radius 3 is 2.63 bits per heavy atom. The van der Waals surface area contributed by atoms with Crippen molar-refractivity contribution in [2.75, 3.05) is 4.90 Å². The average molecular weight is 395 g/mol. The molecule has 2 amide bonds. The van der Waals surface area contributed by atoms with Gasteiger partial charge in [-0.05, 0) is 30.3 Å². The normalized spacial score (nSPS) is 17.4. The number of imide groups is 1. The molecule has 1 aliphatic rings. The number of amides is 2. The Morgan fingerprint density at radius 1 is 1.22 bits per heavy atom. The molecule has 1 fully saturated rings. The zero-order chi connectivity index (χ0) is 19.8. The lowest BCUT2D eigenvalue weighted by Gasteiger charge is -2.17. The molecule has 1 saturated heterocycles. The molecule has 1 aliphatic heterocycles. The first-order chi connectivity index (χ1) is 12.7. The molecule has 1 aromatic heterocycles. The molecule has 140 valence electrons. The van der Waals surface area contributed by atoms with Gasteiger partial charge in [-0.3, -0.25) is 9.59 Å². The summed E-state index contributed by atoms with van der Waals surface area (Å²) in [5.74, 6) is -2.90. The minimum absolute atomic E-state index is 0.00505. The van der Waals surface area contributed by atoms with E-state index in [1.54, 1.807) is 0 Å². The minimum Gasteiger partial charge on any atom is -0.545 e. The van der Waals surface area contributed by atoms with E-state index < -0.39 is 34.8 Å². The average Bonchev–Trinajstić information content (AvgIpc) is 2.88. The number of rotatable bonds is 4. The first kappa shape index (κ1) is 18.9. The summed E-state index contributed by atoms with van der Waals surface area (Å²) in [6.07, 6.45) is -3.59. The molecule has 6 nitrogen and oxygen atoms in total. The highest BCUT2D eigenvalue weighted by Gasteiger charge is 2.41. The van der Waals surface area contributed by atoms with Gasteiger partial charge >= 0.3 is 6.18 Å². The van der Waals surface area contributed by atoms with Gasteiger partial charge in [0.05, 0.1) is 22.5 Å². The van der Waals surface area contributed by atoms with Crippen LogP contribution in [0, 0.1) is 0 Å². The predicted octanol–water partition coefficient (Wildman–Crippen LogP) is 1.89. The summed E-state index contributed by atoms with van der Waals surface area (Å²) < 4.78 is 38.6. The molecule has 0 N–H and O–H groups in total. The van der Waals surface area contributed by atoms with E-state index in [2.05, 4.69) is 4.98 Å². The molecule has 27 heavy (non-hydrogen) atoms. The molecule has 1 atom stereocenters. The lowest BCUT2D eigenvalue weighted by atomic mass is 10.2. The third-order valence-corrected chi connectivity index (χ3v) is 4.98. The van der Waals surface area contributed by atoms with Crippen LogP contribution in [-0.4, -0.2) is 28.0 Å². The standard InChI is InChI=1S/C17H11F3N2O4S/c18-17(19,20)9-3-1-4-10(7-9)22-13(23)8-12(15(22)24)27-14-11(16(25)26)5-2-6-21-14/h1-7,12H,8H2,(H,25,26)/p-1. The molecule has 2 heterocycles. The van der Waals surface area contributed by atoms with E-state index in [1.165, 1.54) is 24.4 Å². The molecule has 0 radical (unpaired) electrons. The third-order valence-electron chi connectivity index (χ3n) is 3.78. The Balaban J connectivity index is 1.87. The number of aromatic nitrogens is 1. The molecule has 3 rings (SSSR count). The largest absolute Gasteiger partial charge is 0.545 e. The van der Waals surface area contributed by atoms with E-state index in [0.717, 1.165) is 30.0 Å². The second-order valence-corrected chi connectivity index (χ2v) is 6.76. The molecule has 2 aromatic rings. The van der Waals surface area contributed by atoms with E-state index in [9.17, 15) is 32.7 Å². The van der Waals surface area contributed by atoms with Gasteiger partial charge in [0, 0.05) is 18.2 Å². The van der Waals surface area contributed by atoms with Gasteiger partial charge in [0.2, 0.25) is 11.8 Å². The van der Waals surface area contributed by atoms with Crippen LogP contribution in [0.25, 0.3) is 0 Å². The summed E-state index contributed by atoms with van der Waals surface area (Å²) >= 11 is 0.760. The van der Waals surface area contributed by atoms with Gasteiger partial charge in [-0.25, -0.2) is 9.88 Å². The SMILES string of the molecule is O=C([O-])c1cccnc1SC1CC(=O)N(c2cccc(C(F)(F)F)c2)C1=O. The van der Waals surface area contributed by atoms with Gasteiger partial charge in [-0.15, -0.1) is 0 Å². The van der Waals surface area contributed by atoms with Crippen molar-refractivity contribution >= 4 is 35.2 Å². The lowest BCUT2D eigenvalue weighted by molar-refractivity contribution is -0.255. The maximum atomic E-state index is 12.9. The highest BCUT2D eigenvalue weighted by Crippen LogP contribution is 2.36. The molecule has 0 saturated carbocycles.